The fourth-order valence-corrected chi connectivity index (χ4v) is 3.78. The third-order valence-corrected chi connectivity index (χ3v) is 5.79. The fourth-order valence-electron chi connectivity index (χ4n) is 3.45. The molecule has 4 rings (SSSR count). The summed E-state index contributed by atoms with van der Waals surface area (Å²) in [6, 6.07) is 8.69. The van der Waals surface area contributed by atoms with Crippen LogP contribution in [0.3, 0.4) is 0 Å². The maximum absolute atomic E-state index is 12.8. The van der Waals surface area contributed by atoms with Gasteiger partial charge >= 0.3 is 5.56 Å². The normalized spacial score (nSPS) is 14.3. The Bertz CT molecular complexity index is 1170. The second kappa shape index (κ2) is 8.63. The highest BCUT2D eigenvalue weighted by molar-refractivity contribution is 6.42. The second-order valence-electron chi connectivity index (χ2n) is 6.97. The zero-order valence-corrected chi connectivity index (χ0v) is 17.5. The molecule has 3 aromatic rings. The number of ether oxygens (including phenoxy) is 1. The number of anilines is 1. The van der Waals surface area contributed by atoms with Crippen LogP contribution < -0.4 is 10.5 Å². The van der Waals surface area contributed by atoms with Crippen LogP contribution in [0.4, 0.5) is 5.69 Å². The molecule has 3 heterocycles. The number of pyridine rings is 1. The number of morpholine rings is 1. The number of hydrogen-bond acceptors (Lipinski definition) is 6. The molecule has 0 spiro atoms. The van der Waals surface area contributed by atoms with E-state index >= 15 is 0 Å². The van der Waals surface area contributed by atoms with Gasteiger partial charge in [0.2, 0.25) is 5.75 Å². The van der Waals surface area contributed by atoms with Gasteiger partial charge in [-0.05, 0) is 36.2 Å². The van der Waals surface area contributed by atoms with Crippen LogP contribution in [0.2, 0.25) is 10.0 Å². The molecule has 2 aromatic heterocycles. The standard InChI is InChI=1S/C21H19Cl2N3O4/c22-14-5-3-13(12-15(14)23)4-6-17(27)18-19(28)21(29)26-7-1-2-16(20(26)24-18)25-8-10-30-11-9-25/h1-3,5,7,12,28H,4,6,8-11H2. The zero-order chi connectivity index (χ0) is 21.3. The lowest BCUT2D eigenvalue weighted by atomic mass is 10.1. The molecule has 0 aliphatic carbocycles. The second-order valence-corrected chi connectivity index (χ2v) is 7.79. The number of ketones is 1. The van der Waals surface area contributed by atoms with E-state index in [-0.39, 0.29) is 12.1 Å². The minimum Gasteiger partial charge on any atom is -0.501 e. The molecule has 1 aliphatic rings. The van der Waals surface area contributed by atoms with Gasteiger partial charge in [-0.15, -0.1) is 0 Å². The van der Waals surface area contributed by atoms with Gasteiger partial charge in [0.05, 0.1) is 28.9 Å². The minimum atomic E-state index is -0.673. The Labute approximate surface area is 182 Å². The van der Waals surface area contributed by atoms with E-state index in [4.69, 9.17) is 27.9 Å². The zero-order valence-electron chi connectivity index (χ0n) is 16.0. The molecule has 0 radical (unpaired) electrons. The van der Waals surface area contributed by atoms with Crippen molar-refractivity contribution in [3.8, 4) is 5.75 Å². The number of carbonyl (C=O) groups excluding carboxylic acids is 1. The third kappa shape index (κ3) is 4.01. The predicted molar refractivity (Wildman–Crippen MR) is 115 cm³/mol. The summed E-state index contributed by atoms with van der Waals surface area (Å²) in [5.41, 5.74) is 0.981. The van der Waals surface area contributed by atoms with Crippen molar-refractivity contribution >= 4 is 40.3 Å². The van der Waals surface area contributed by atoms with E-state index in [2.05, 4.69) is 4.98 Å². The summed E-state index contributed by atoms with van der Waals surface area (Å²) in [4.78, 5) is 31.9. The number of fused-ring (bicyclic) bond motifs is 1. The molecule has 7 nitrogen and oxygen atoms in total. The summed E-state index contributed by atoms with van der Waals surface area (Å²) in [6.07, 6.45) is 1.97. The van der Waals surface area contributed by atoms with Gasteiger partial charge < -0.3 is 14.7 Å². The fraction of sp³-hybridized carbons (Fsp3) is 0.286. The lowest BCUT2D eigenvalue weighted by Crippen LogP contribution is -2.37. The summed E-state index contributed by atoms with van der Waals surface area (Å²) in [5, 5.41) is 11.2. The van der Waals surface area contributed by atoms with Crippen LogP contribution >= 0.6 is 23.2 Å². The maximum Gasteiger partial charge on any atom is 0.300 e. The predicted octanol–water partition coefficient (Wildman–Crippen LogP) is 3.36. The van der Waals surface area contributed by atoms with Gasteiger partial charge in [-0.25, -0.2) is 4.98 Å². The highest BCUT2D eigenvalue weighted by Gasteiger charge is 2.22. The van der Waals surface area contributed by atoms with E-state index in [0.29, 0.717) is 48.4 Å². The number of nitrogens with zero attached hydrogens (tertiary/aromatic N) is 3. The summed E-state index contributed by atoms with van der Waals surface area (Å²) >= 11 is 11.9. The van der Waals surface area contributed by atoms with Crippen LogP contribution in [0, 0.1) is 0 Å². The number of benzene rings is 1. The van der Waals surface area contributed by atoms with Crippen LogP contribution in [0.25, 0.3) is 5.65 Å². The first-order valence-electron chi connectivity index (χ1n) is 9.50. The molecule has 9 heteroatoms. The molecule has 1 aromatic carbocycles. The van der Waals surface area contributed by atoms with Crippen molar-refractivity contribution in [2.75, 3.05) is 31.2 Å². The molecule has 156 valence electrons. The maximum atomic E-state index is 12.8. The van der Waals surface area contributed by atoms with E-state index in [0.717, 1.165) is 11.3 Å². The average molecular weight is 448 g/mol. The molecule has 1 fully saturated rings. The van der Waals surface area contributed by atoms with Crippen molar-refractivity contribution in [3.63, 3.8) is 0 Å². The number of rotatable bonds is 5. The van der Waals surface area contributed by atoms with Gasteiger partial charge in [-0.3, -0.25) is 14.0 Å². The Balaban J connectivity index is 1.67. The number of halogens is 2. The molecule has 0 amide bonds. The number of carbonyl (C=O) groups is 1. The topological polar surface area (TPSA) is 84.1 Å². The molecule has 30 heavy (non-hydrogen) atoms. The van der Waals surface area contributed by atoms with E-state index in [1.165, 1.54) is 10.6 Å². The van der Waals surface area contributed by atoms with Crippen molar-refractivity contribution in [1.29, 1.82) is 0 Å². The molecule has 1 aliphatic heterocycles. The van der Waals surface area contributed by atoms with E-state index in [9.17, 15) is 14.7 Å². The Kier molecular flexibility index (Phi) is 5.94. The van der Waals surface area contributed by atoms with Crippen LogP contribution in [0.15, 0.2) is 41.3 Å². The Hall–Kier alpha value is -2.61. The van der Waals surface area contributed by atoms with Gasteiger partial charge in [0.1, 0.15) is 0 Å². The van der Waals surface area contributed by atoms with Gasteiger partial charge in [-0.1, -0.05) is 29.3 Å². The summed E-state index contributed by atoms with van der Waals surface area (Å²) in [7, 11) is 0. The molecule has 0 saturated carbocycles. The van der Waals surface area contributed by atoms with E-state index in [1.807, 2.05) is 11.0 Å². The van der Waals surface area contributed by atoms with Crippen LogP contribution in [-0.2, 0) is 11.2 Å². The molecular weight excluding hydrogens is 429 g/mol. The third-order valence-electron chi connectivity index (χ3n) is 5.05. The van der Waals surface area contributed by atoms with Crippen molar-refractivity contribution < 1.29 is 14.6 Å². The van der Waals surface area contributed by atoms with Gasteiger partial charge in [0.25, 0.3) is 0 Å². The first-order chi connectivity index (χ1) is 14.5. The molecule has 1 saturated heterocycles. The Morgan fingerprint density at radius 2 is 1.93 bits per heavy atom. The lowest BCUT2D eigenvalue weighted by Gasteiger charge is -2.29. The van der Waals surface area contributed by atoms with Crippen molar-refractivity contribution in [2.24, 2.45) is 0 Å². The highest BCUT2D eigenvalue weighted by atomic mass is 35.5. The van der Waals surface area contributed by atoms with Crippen LogP contribution in [0.5, 0.6) is 5.75 Å². The first kappa shape index (κ1) is 20.7. The molecular formula is C21H19Cl2N3O4. The Morgan fingerprint density at radius 3 is 2.67 bits per heavy atom. The minimum absolute atomic E-state index is 0.0633. The smallest absolute Gasteiger partial charge is 0.300 e. The summed E-state index contributed by atoms with van der Waals surface area (Å²) in [5.74, 6) is -1.07. The van der Waals surface area contributed by atoms with Crippen LogP contribution in [0.1, 0.15) is 22.5 Å². The lowest BCUT2D eigenvalue weighted by molar-refractivity contribution is 0.0975. The number of aromatic hydroxyl groups is 1. The average Bonchev–Trinajstić information content (AvgIpc) is 2.77. The molecule has 0 unspecified atom stereocenters. The van der Waals surface area contributed by atoms with E-state index in [1.54, 1.807) is 24.3 Å². The van der Waals surface area contributed by atoms with Gasteiger partial charge in [0.15, 0.2) is 17.1 Å². The SMILES string of the molecule is O=C(CCc1ccc(Cl)c(Cl)c1)c1nc2c(N3CCOCC3)cccn2c(=O)c1O. The van der Waals surface area contributed by atoms with Gasteiger partial charge in [-0.2, -0.15) is 0 Å². The largest absolute Gasteiger partial charge is 0.501 e. The summed E-state index contributed by atoms with van der Waals surface area (Å²) < 4.78 is 6.65. The number of aromatic nitrogens is 2. The highest BCUT2D eigenvalue weighted by Crippen LogP contribution is 2.25. The number of aryl methyl sites for hydroxylation is 1. The molecule has 0 bridgehead atoms. The molecule has 1 N–H and O–H groups in total. The summed E-state index contributed by atoms with van der Waals surface area (Å²) in [6.45, 7) is 2.44. The Morgan fingerprint density at radius 1 is 1.17 bits per heavy atom. The first-order valence-corrected chi connectivity index (χ1v) is 10.3. The van der Waals surface area contributed by atoms with Crippen molar-refractivity contribution in [1.82, 2.24) is 9.38 Å². The van der Waals surface area contributed by atoms with Gasteiger partial charge in [0, 0.05) is 25.7 Å². The van der Waals surface area contributed by atoms with Crippen LogP contribution in [-0.4, -0.2) is 46.6 Å². The quantitative estimate of drug-likeness (QED) is 0.603. The van der Waals surface area contributed by atoms with E-state index < -0.39 is 17.1 Å². The van der Waals surface area contributed by atoms with Crippen molar-refractivity contribution in [3.05, 3.63) is 68.2 Å². The number of hydrogen-bond donors (Lipinski definition) is 1. The monoisotopic (exact) mass is 447 g/mol. The van der Waals surface area contributed by atoms with Crippen molar-refractivity contribution in [2.45, 2.75) is 12.8 Å². The molecule has 0 atom stereocenters. The number of Topliss-reactive ketones (excluding diaryl/α,β-unsaturated/α-hetero) is 1.